The van der Waals surface area contributed by atoms with Gasteiger partial charge in [-0.3, -0.25) is 4.79 Å². The van der Waals surface area contributed by atoms with E-state index in [0.29, 0.717) is 0 Å². The number of hydrogen-bond donors (Lipinski definition) is 1. The molecule has 0 aliphatic carbocycles. The van der Waals surface area contributed by atoms with E-state index in [2.05, 4.69) is 6.92 Å². The number of hydrogen-bond acceptors (Lipinski definition) is 3. The van der Waals surface area contributed by atoms with Crippen molar-refractivity contribution in [3.63, 3.8) is 0 Å². The van der Waals surface area contributed by atoms with Crippen molar-refractivity contribution in [1.82, 2.24) is 4.72 Å². The second-order valence-electron chi connectivity index (χ2n) is 2.59. The third-order valence-corrected chi connectivity index (χ3v) is 2.92. The first kappa shape index (κ1) is 10.7. The Hall–Kier alpha value is -1.36. The standard InChI is InChI=1S/C9H10NO3S/c1-2-9(11)10-14(12,13)8-6-4-3-5-7-8/h3-7H,1-2H2,(H,10,11). The van der Waals surface area contributed by atoms with E-state index in [-0.39, 0.29) is 11.3 Å². The normalized spacial score (nSPS) is 10.9. The van der Waals surface area contributed by atoms with Crippen molar-refractivity contribution >= 4 is 15.9 Å². The van der Waals surface area contributed by atoms with Gasteiger partial charge in [0.15, 0.2) is 0 Å². The van der Waals surface area contributed by atoms with Crippen molar-refractivity contribution < 1.29 is 13.2 Å². The van der Waals surface area contributed by atoms with Gasteiger partial charge < -0.3 is 0 Å². The van der Waals surface area contributed by atoms with Crippen LogP contribution in [-0.2, 0) is 14.8 Å². The third kappa shape index (κ3) is 2.56. The molecule has 0 aromatic heterocycles. The summed E-state index contributed by atoms with van der Waals surface area (Å²) >= 11 is 0. The molecule has 1 amide bonds. The molecule has 0 atom stereocenters. The molecule has 4 nitrogen and oxygen atoms in total. The van der Waals surface area contributed by atoms with Crippen LogP contribution in [0.2, 0.25) is 0 Å². The smallest absolute Gasteiger partial charge is 0.264 e. The summed E-state index contributed by atoms with van der Waals surface area (Å²) in [5.74, 6) is -0.617. The van der Waals surface area contributed by atoms with Gasteiger partial charge in [0.1, 0.15) is 0 Å². The molecule has 0 bridgehead atoms. The fourth-order valence-corrected chi connectivity index (χ4v) is 1.89. The van der Waals surface area contributed by atoms with Gasteiger partial charge in [-0.1, -0.05) is 18.2 Å². The van der Waals surface area contributed by atoms with Crippen LogP contribution < -0.4 is 4.72 Å². The van der Waals surface area contributed by atoms with Crippen molar-refractivity contribution in [3.05, 3.63) is 37.3 Å². The molecule has 1 aromatic rings. The fraction of sp³-hybridized carbons (Fsp3) is 0.111. The second kappa shape index (κ2) is 4.23. The highest BCUT2D eigenvalue weighted by molar-refractivity contribution is 7.90. The first-order valence-corrected chi connectivity index (χ1v) is 5.44. The zero-order chi connectivity index (χ0) is 10.6. The molecule has 1 N–H and O–H groups in total. The van der Waals surface area contributed by atoms with Gasteiger partial charge in [0.25, 0.3) is 10.0 Å². The molecule has 0 aliphatic heterocycles. The van der Waals surface area contributed by atoms with Crippen molar-refractivity contribution in [2.75, 3.05) is 0 Å². The Bertz CT molecular complexity index is 411. The molecule has 0 fully saturated rings. The van der Waals surface area contributed by atoms with Crippen LogP contribution in [0.5, 0.6) is 0 Å². The topological polar surface area (TPSA) is 63.2 Å². The lowest BCUT2D eigenvalue weighted by molar-refractivity contribution is -0.118. The summed E-state index contributed by atoms with van der Waals surface area (Å²) < 4.78 is 24.8. The molecule has 0 spiro atoms. The minimum atomic E-state index is -3.71. The molecule has 0 heterocycles. The van der Waals surface area contributed by atoms with Crippen LogP contribution in [0.4, 0.5) is 0 Å². The second-order valence-corrected chi connectivity index (χ2v) is 4.27. The number of amides is 1. The summed E-state index contributed by atoms with van der Waals surface area (Å²) in [5, 5.41) is 0. The summed E-state index contributed by atoms with van der Waals surface area (Å²) in [6.45, 7) is 3.29. The Morgan fingerprint density at radius 1 is 1.29 bits per heavy atom. The molecule has 1 radical (unpaired) electrons. The monoisotopic (exact) mass is 212 g/mol. The van der Waals surface area contributed by atoms with E-state index < -0.39 is 15.9 Å². The zero-order valence-corrected chi connectivity index (χ0v) is 8.25. The largest absolute Gasteiger partial charge is 0.274 e. The lowest BCUT2D eigenvalue weighted by atomic mass is 10.4. The Kier molecular flexibility index (Phi) is 3.24. The van der Waals surface area contributed by atoms with Crippen LogP contribution in [-0.4, -0.2) is 14.3 Å². The van der Waals surface area contributed by atoms with Crippen LogP contribution in [0.15, 0.2) is 35.2 Å². The Morgan fingerprint density at radius 3 is 2.36 bits per heavy atom. The number of sulfonamides is 1. The lowest BCUT2D eigenvalue weighted by Crippen LogP contribution is -2.29. The number of benzene rings is 1. The van der Waals surface area contributed by atoms with Crippen molar-refractivity contribution in [2.24, 2.45) is 0 Å². The quantitative estimate of drug-likeness (QED) is 0.802. The Balaban J connectivity index is 2.93. The minimum Gasteiger partial charge on any atom is -0.274 e. The zero-order valence-electron chi connectivity index (χ0n) is 7.43. The van der Waals surface area contributed by atoms with E-state index >= 15 is 0 Å². The van der Waals surface area contributed by atoms with E-state index in [9.17, 15) is 13.2 Å². The molecule has 0 aliphatic rings. The predicted octanol–water partition coefficient (Wildman–Crippen LogP) is 0.716. The molecule has 14 heavy (non-hydrogen) atoms. The average Bonchev–Trinajstić information content (AvgIpc) is 2.18. The van der Waals surface area contributed by atoms with Gasteiger partial charge in [0.05, 0.1) is 4.90 Å². The van der Waals surface area contributed by atoms with Crippen molar-refractivity contribution in [3.8, 4) is 0 Å². The summed E-state index contributed by atoms with van der Waals surface area (Å²) in [4.78, 5) is 10.9. The van der Waals surface area contributed by atoms with Gasteiger partial charge in [-0.25, -0.2) is 13.1 Å². The predicted molar refractivity (Wildman–Crippen MR) is 51.7 cm³/mol. The summed E-state index contributed by atoms with van der Waals surface area (Å²) in [6.07, 6.45) is -0.105. The third-order valence-electron chi connectivity index (χ3n) is 1.53. The van der Waals surface area contributed by atoms with E-state index in [1.807, 2.05) is 4.72 Å². The highest BCUT2D eigenvalue weighted by atomic mass is 32.2. The first-order valence-electron chi connectivity index (χ1n) is 3.96. The van der Waals surface area contributed by atoms with Gasteiger partial charge in [0.2, 0.25) is 5.91 Å². The highest BCUT2D eigenvalue weighted by Gasteiger charge is 2.15. The number of rotatable bonds is 3. The van der Waals surface area contributed by atoms with Crippen LogP contribution >= 0.6 is 0 Å². The van der Waals surface area contributed by atoms with Crippen LogP contribution in [0.3, 0.4) is 0 Å². The molecular weight excluding hydrogens is 202 g/mol. The van der Waals surface area contributed by atoms with Crippen LogP contribution in [0.25, 0.3) is 0 Å². The molecule has 1 aromatic carbocycles. The van der Waals surface area contributed by atoms with E-state index in [1.54, 1.807) is 18.2 Å². The molecule has 75 valence electrons. The highest BCUT2D eigenvalue weighted by Crippen LogP contribution is 2.06. The lowest BCUT2D eigenvalue weighted by Gasteiger charge is -2.04. The van der Waals surface area contributed by atoms with Crippen molar-refractivity contribution in [1.29, 1.82) is 0 Å². The molecule has 5 heteroatoms. The summed E-state index contributed by atoms with van der Waals surface area (Å²) in [5.41, 5.74) is 0. The van der Waals surface area contributed by atoms with Crippen LogP contribution in [0.1, 0.15) is 6.42 Å². The van der Waals surface area contributed by atoms with Gasteiger partial charge >= 0.3 is 0 Å². The number of carbonyl (C=O) groups is 1. The first-order chi connectivity index (χ1) is 6.56. The van der Waals surface area contributed by atoms with Gasteiger partial charge in [-0.05, 0) is 19.1 Å². The van der Waals surface area contributed by atoms with E-state index in [0.717, 1.165) is 0 Å². The SMILES string of the molecule is [CH2]CC(=O)NS(=O)(=O)c1ccccc1. The van der Waals surface area contributed by atoms with Gasteiger partial charge in [0, 0.05) is 6.42 Å². The maximum Gasteiger partial charge on any atom is 0.264 e. The molecule has 0 saturated carbocycles. The average molecular weight is 212 g/mol. The van der Waals surface area contributed by atoms with E-state index in [4.69, 9.17) is 0 Å². The Labute approximate surface area is 83.0 Å². The maximum absolute atomic E-state index is 11.4. The fourth-order valence-electron chi connectivity index (χ4n) is 0.859. The number of carbonyl (C=O) groups excluding carboxylic acids is 1. The molecule has 0 saturated heterocycles. The van der Waals surface area contributed by atoms with Crippen LogP contribution in [0, 0.1) is 6.92 Å². The minimum absolute atomic E-state index is 0.0711. The van der Waals surface area contributed by atoms with E-state index in [1.165, 1.54) is 12.1 Å². The molecular formula is C9H10NO3S. The summed E-state index contributed by atoms with van der Waals surface area (Å²) in [7, 11) is -3.71. The van der Waals surface area contributed by atoms with Gasteiger partial charge in [-0.2, -0.15) is 0 Å². The number of nitrogens with one attached hydrogen (secondary N) is 1. The van der Waals surface area contributed by atoms with Crippen molar-refractivity contribution in [2.45, 2.75) is 11.3 Å². The van der Waals surface area contributed by atoms with Gasteiger partial charge in [-0.15, -0.1) is 0 Å². The molecule has 0 unspecified atom stereocenters. The Morgan fingerprint density at radius 2 is 1.86 bits per heavy atom. The maximum atomic E-state index is 11.4. The summed E-state index contributed by atoms with van der Waals surface area (Å²) in [6, 6.07) is 7.70. The molecule has 1 rings (SSSR count).